The van der Waals surface area contributed by atoms with Gasteiger partial charge in [-0.1, -0.05) is 103 Å². The molecule has 0 saturated heterocycles. The van der Waals surface area contributed by atoms with Crippen molar-refractivity contribution in [3.63, 3.8) is 0 Å². The van der Waals surface area contributed by atoms with E-state index in [1.54, 1.807) is 0 Å². The van der Waals surface area contributed by atoms with Gasteiger partial charge in [-0.2, -0.15) is 9.46 Å². The molecule has 0 aliphatic heterocycles. The lowest BCUT2D eigenvalue weighted by Gasteiger charge is -2.19. The Balaban J connectivity index is 1.04. The molecule has 0 saturated carbocycles. The van der Waals surface area contributed by atoms with Gasteiger partial charge in [0.1, 0.15) is 0 Å². The molecule has 9 aromatic rings. The fourth-order valence-electron chi connectivity index (χ4n) is 6.70. The maximum Gasteiger partial charge on any atom is 0.155 e. The first-order valence-corrected chi connectivity index (χ1v) is 15.8. The minimum Gasteiger partial charge on any atom is -0.375 e. The van der Waals surface area contributed by atoms with Crippen LogP contribution in [0.15, 0.2) is 170 Å². The first kappa shape index (κ1) is 27.0. The molecule has 6 aromatic carbocycles. The maximum atomic E-state index is 6.50. The van der Waals surface area contributed by atoms with Crippen LogP contribution in [0, 0.1) is 0 Å². The molecule has 0 unspecified atom stereocenters. The lowest BCUT2D eigenvalue weighted by molar-refractivity contribution is 0.241. The van der Waals surface area contributed by atoms with E-state index in [1.165, 1.54) is 21.5 Å². The standard InChI is InChI=1S/C42H29N3O2/c1-5-16-38-33(11-1)34-12-2-6-17-39(34)44(38)46-31-24-20-29(21-25-31)42(37-15-9-10-28-43-37)30-22-26-32(27-23-30)47-45-40-18-7-3-13-35(40)36-14-4-8-19-41(36)45/h1-28,42H. The molecule has 0 aliphatic carbocycles. The molecule has 0 amide bonds. The van der Waals surface area contributed by atoms with Gasteiger partial charge < -0.3 is 9.68 Å². The highest BCUT2D eigenvalue weighted by molar-refractivity contribution is 6.08. The predicted octanol–water partition coefficient (Wildman–Crippen LogP) is 10.2. The number of pyridine rings is 1. The van der Waals surface area contributed by atoms with Crippen LogP contribution >= 0.6 is 0 Å². The molecule has 3 heterocycles. The third-order valence-electron chi connectivity index (χ3n) is 8.88. The van der Waals surface area contributed by atoms with Gasteiger partial charge >= 0.3 is 0 Å². The fraction of sp³-hybridized carbons (Fsp3) is 0.0238. The van der Waals surface area contributed by atoms with Gasteiger partial charge in [0.05, 0.1) is 33.7 Å². The Labute approximate surface area is 271 Å². The van der Waals surface area contributed by atoms with Gasteiger partial charge in [0.15, 0.2) is 11.5 Å². The van der Waals surface area contributed by atoms with Crippen LogP contribution in [-0.2, 0) is 0 Å². The van der Waals surface area contributed by atoms with Crippen LogP contribution in [0.25, 0.3) is 43.6 Å². The van der Waals surface area contributed by atoms with Crippen LogP contribution in [0.2, 0.25) is 0 Å². The van der Waals surface area contributed by atoms with E-state index in [0.29, 0.717) is 0 Å². The SMILES string of the molecule is c1ccc(C(c2ccc(On3c4ccccc4c4ccccc43)cc2)c2ccc(On3c4ccccc4c4ccccc43)cc2)nc1. The Kier molecular flexibility index (Phi) is 6.46. The van der Waals surface area contributed by atoms with Crippen molar-refractivity contribution in [1.82, 2.24) is 14.4 Å². The summed E-state index contributed by atoms with van der Waals surface area (Å²) in [6, 6.07) is 56.1. The number of aromatic nitrogens is 3. The highest BCUT2D eigenvalue weighted by Gasteiger charge is 2.20. The lowest BCUT2D eigenvalue weighted by Crippen LogP contribution is -2.08. The molecule has 224 valence electrons. The van der Waals surface area contributed by atoms with Crippen molar-refractivity contribution in [1.29, 1.82) is 0 Å². The molecule has 0 atom stereocenters. The third-order valence-corrected chi connectivity index (χ3v) is 8.88. The Morgan fingerprint density at radius 1 is 0.383 bits per heavy atom. The maximum absolute atomic E-state index is 6.50. The van der Waals surface area contributed by atoms with Crippen molar-refractivity contribution in [2.75, 3.05) is 0 Å². The molecule has 5 heteroatoms. The van der Waals surface area contributed by atoms with E-state index in [4.69, 9.17) is 14.7 Å². The van der Waals surface area contributed by atoms with E-state index in [1.807, 2.05) is 76.3 Å². The van der Waals surface area contributed by atoms with Crippen molar-refractivity contribution in [3.8, 4) is 11.5 Å². The zero-order valence-electron chi connectivity index (χ0n) is 25.4. The predicted molar refractivity (Wildman–Crippen MR) is 189 cm³/mol. The number of nitrogens with zero attached hydrogens (tertiary/aromatic N) is 3. The number of hydrogen-bond acceptors (Lipinski definition) is 3. The monoisotopic (exact) mass is 607 g/mol. The first-order valence-electron chi connectivity index (χ1n) is 15.8. The largest absolute Gasteiger partial charge is 0.375 e. The quantitative estimate of drug-likeness (QED) is 0.181. The third kappa shape index (κ3) is 4.68. The molecule has 0 bridgehead atoms. The van der Waals surface area contributed by atoms with E-state index >= 15 is 0 Å². The lowest BCUT2D eigenvalue weighted by atomic mass is 9.88. The molecule has 5 nitrogen and oxygen atoms in total. The Morgan fingerprint density at radius 3 is 1.11 bits per heavy atom. The smallest absolute Gasteiger partial charge is 0.155 e. The topological polar surface area (TPSA) is 41.2 Å². The van der Waals surface area contributed by atoms with Gasteiger partial charge in [0.2, 0.25) is 0 Å². The molecule has 0 spiro atoms. The summed E-state index contributed by atoms with van der Waals surface area (Å²) in [4.78, 5) is 17.8. The minimum absolute atomic E-state index is 0.0687. The van der Waals surface area contributed by atoms with Crippen LogP contribution in [0.4, 0.5) is 0 Å². The van der Waals surface area contributed by atoms with Crippen LogP contribution in [0.5, 0.6) is 11.5 Å². The van der Waals surface area contributed by atoms with Crippen LogP contribution < -0.4 is 9.68 Å². The van der Waals surface area contributed by atoms with E-state index in [0.717, 1.165) is 50.4 Å². The second kappa shape index (κ2) is 11.2. The molecule has 0 N–H and O–H groups in total. The normalized spacial score (nSPS) is 11.6. The zero-order valence-corrected chi connectivity index (χ0v) is 25.4. The summed E-state index contributed by atoms with van der Waals surface area (Å²) in [5, 5.41) is 4.67. The summed E-state index contributed by atoms with van der Waals surface area (Å²) in [5.41, 5.74) is 7.35. The van der Waals surface area contributed by atoms with Crippen molar-refractivity contribution >= 4 is 43.6 Å². The summed E-state index contributed by atoms with van der Waals surface area (Å²) in [5.74, 6) is 1.45. The van der Waals surface area contributed by atoms with Crippen LogP contribution in [0.3, 0.4) is 0 Å². The number of hydrogen-bond donors (Lipinski definition) is 0. The van der Waals surface area contributed by atoms with E-state index < -0.39 is 0 Å². The molecule has 3 aromatic heterocycles. The van der Waals surface area contributed by atoms with Crippen molar-refractivity contribution in [2.45, 2.75) is 5.92 Å². The molecular formula is C42H29N3O2. The number of fused-ring (bicyclic) bond motifs is 6. The highest BCUT2D eigenvalue weighted by Crippen LogP contribution is 2.35. The molecule has 0 fully saturated rings. The van der Waals surface area contributed by atoms with Gasteiger partial charge in [-0.05, 0) is 71.8 Å². The summed E-state index contributed by atoms with van der Waals surface area (Å²) in [6.07, 6.45) is 1.85. The van der Waals surface area contributed by atoms with Crippen LogP contribution in [0.1, 0.15) is 22.7 Å². The Hall–Kier alpha value is -6.33. The fourth-order valence-corrected chi connectivity index (χ4v) is 6.70. The summed E-state index contributed by atoms with van der Waals surface area (Å²) in [6.45, 7) is 0. The number of para-hydroxylation sites is 4. The van der Waals surface area contributed by atoms with E-state index in [9.17, 15) is 0 Å². The molecule has 9 rings (SSSR count). The summed E-state index contributed by atoms with van der Waals surface area (Å²) >= 11 is 0. The number of benzene rings is 6. The van der Waals surface area contributed by atoms with Crippen molar-refractivity contribution in [3.05, 3.63) is 187 Å². The summed E-state index contributed by atoms with van der Waals surface area (Å²) < 4.78 is 3.84. The second-order valence-corrected chi connectivity index (χ2v) is 11.7. The van der Waals surface area contributed by atoms with Gasteiger partial charge in [0, 0.05) is 27.7 Å². The average molecular weight is 608 g/mol. The van der Waals surface area contributed by atoms with E-state index in [-0.39, 0.29) is 5.92 Å². The molecule has 47 heavy (non-hydrogen) atoms. The highest BCUT2D eigenvalue weighted by atomic mass is 16.7. The molecular weight excluding hydrogens is 578 g/mol. The van der Waals surface area contributed by atoms with Gasteiger partial charge in [0.25, 0.3) is 0 Å². The average Bonchev–Trinajstić information content (AvgIpc) is 3.63. The Morgan fingerprint density at radius 2 is 0.745 bits per heavy atom. The van der Waals surface area contributed by atoms with Gasteiger partial charge in [-0.15, -0.1) is 0 Å². The van der Waals surface area contributed by atoms with Crippen molar-refractivity contribution < 1.29 is 9.68 Å². The first-order chi connectivity index (χ1) is 23.3. The van der Waals surface area contributed by atoms with Gasteiger partial charge in [-0.25, -0.2) is 0 Å². The van der Waals surface area contributed by atoms with Crippen molar-refractivity contribution in [2.24, 2.45) is 0 Å². The zero-order chi connectivity index (χ0) is 31.2. The van der Waals surface area contributed by atoms with E-state index in [2.05, 4.69) is 103 Å². The molecule has 0 aliphatic rings. The van der Waals surface area contributed by atoms with Crippen LogP contribution in [-0.4, -0.2) is 14.4 Å². The number of rotatable bonds is 7. The van der Waals surface area contributed by atoms with Gasteiger partial charge in [-0.3, -0.25) is 4.98 Å². The Bertz CT molecular complexity index is 2250. The molecule has 0 radical (unpaired) electrons. The summed E-state index contributed by atoms with van der Waals surface area (Å²) in [7, 11) is 0. The second-order valence-electron chi connectivity index (χ2n) is 11.7. The minimum atomic E-state index is -0.0687.